The van der Waals surface area contributed by atoms with Crippen LogP contribution in [0.3, 0.4) is 0 Å². The molecule has 5 heteroatoms. The summed E-state index contributed by atoms with van der Waals surface area (Å²) in [6.45, 7) is 6.76. The second-order valence-corrected chi connectivity index (χ2v) is 20.2. The number of benzene rings is 8. The Bertz CT molecular complexity index is 3900. The second kappa shape index (κ2) is 19.0. The molecule has 8 aromatic carbocycles. The van der Waals surface area contributed by atoms with Crippen LogP contribution in [0.1, 0.15) is 68.2 Å². The Morgan fingerprint density at radius 3 is 1.71 bits per heavy atom. The van der Waals surface area contributed by atoms with Crippen molar-refractivity contribution in [3.8, 4) is 79.3 Å². The minimum absolute atomic E-state index is 0.0383. The van der Waals surface area contributed by atoms with Gasteiger partial charge in [-0.1, -0.05) is 185 Å². The molecule has 2 heterocycles. The molecule has 0 spiro atoms. The van der Waals surface area contributed by atoms with Crippen molar-refractivity contribution in [1.29, 1.82) is 5.26 Å². The van der Waals surface area contributed by atoms with Gasteiger partial charge in [-0.05, 0) is 135 Å². The van der Waals surface area contributed by atoms with Gasteiger partial charge in [-0.3, -0.25) is 0 Å². The molecule has 10 aromatic rings. The Labute approximate surface area is 427 Å². The van der Waals surface area contributed by atoms with Crippen LogP contribution in [0.25, 0.3) is 101 Å². The highest BCUT2D eigenvalue weighted by Gasteiger charge is 2.27. The number of hydrogen-bond donors (Lipinski definition) is 0. The van der Waals surface area contributed by atoms with Crippen LogP contribution in [0.15, 0.2) is 225 Å². The smallest absolute Gasteiger partial charge is 0.164 e. The molecule has 2 aromatic heterocycles. The van der Waals surface area contributed by atoms with Crippen LogP contribution in [0, 0.1) is 11.3 Å². The highest BCUT2D eigenvalue weighted by atomic mass is 15.0. The summed E-state index contributed by atoms with van der Waals surface area (Å²) >= 11 is 0. The number of allylic oxidation sites excluding steroid dienone is 8. The summed E-state index contributed by atoms with van der Waals surface area (Å²) in [6, 6.07) is 67.2. The lowest BCUT2D eigenvalue weighted by Crippen LogP contribution is -2.11. The van der Waals surface area contributed by atoms with Gasteiger partial charge in [-0.15, -0.1) is 0 Å². The van der Waals surface area contributed by atoms with Crippen molar-refractivity contribution in [3.63, 3.8) is 0 Å². The average Bonchev–Trinajstić information content (AvgIpc) is 3.78. The minimum Gasteiger partial charge on any atom is -0.308 e. The molecule has 73 heavy (non-hydrogen) atoms. The van der Waals surface area contributed by atoms with Crippen LogP contribution in [0.5, 0.6) is 0 Å². The van der Waals surface area contributed by atoms with E-state index in [2.05, 4.69) is 244 Å². The summed E-state index contributed by atoms with van der Waals surface area (Å²) in [5.74, 6) is 1.84. The molecule has 0 aliphatic heterocycles. The Kier molecular flexibility index (Phi) is 11.7. The number of rotatable bonds is 9. The van der Waals surface area contributed by atoms with Crippen LogP contribution >= 0.6 is 0 Å². The molecule has 0 N–H and O–H groups in total. The topological polar surface area (TPSA) is 67.4 Å². The molecule has 12 rings (SSSR count). The molecule has 1 unspecified atom stereocenters. The standard InChI is InChI=1S/C68H53N5/c1-68(2,3)57-34-36-63-61(43-57)60-37-45(44-69)29-35-62(60)73(63)64-58(50-25-15-7-16-26-50)41-56(42-59(64)51-27-17-8-18-28-51)67-71-65(52-32-30-49(31-33-52)46-19-9-4-10-20-46)70-66(72-67)55-39-53(47-21-11-5-12-22-47)38-54(40-55)48-23-13-6-14-24-48/h4-13,15-23,25-27,29-43,51H,14,24,28H2,1-3H3. The predicted octanol–water partition coefficient (Wildman–Crippen LogP) is 17.5. The zero-order chi connectivity index (χ0) is 49.5. The SMILES string of the molecule is CC(C)(C)c1ccc2c(c1)c1cc(C#N)ccc1n2-c1c(-c2ccccc2)cc(-c2nc(-c3ccc(-c4ccccc4)cc3)nc(-c3cc(C4=CC=CCC4)cc(-c4ccccc4)c3)n2)cc1C1C=CC=CC1. The number of hydrogen-bond acceptors (Lipinski definition) is 4. The van der Waals surface area contributed by atoms with E-state index in [1.165, 1.54) is 11.1 Å². The molecule has 350 valence electrons. The van der Waals surface area contributed by atoms with Gasteiger partial charge in [0.1, 0.15) is 0 Å². The maximum atomic E-state index is 10.2. The van der Waals surface area contributed by atoms with Gasteiger partial charge in [0, 0.05) is 38.9 Å². The second-order valence-electron chi connectivity index (χ2n) is 20.2. The Morgan fingerprint density at radius 1 is 0.507 bits per heavy atom. The van der Waals surface area contributed by atoms with E-state index in [1.54, 1.807) is 0 Å². The first kappa shape index (κ1) is 45.2. The van der Waals surface area contributed by atoms with E-state index < -0.39 is 0 Å². The zero-order valence-electron chi connectivity index (χ0n) is 41.3. The van der Waals surface area contributed by atoms with Crippen molar-refractivity contribution >= 4 is 27.4 Å². The lowest BCUT2D eigenvalue weighted by Gasteiger charge is -2.25. The molecule has 0 radical (unpaired) electrons. The van der Waals surface area contributed by atoms with E-state index in [4.69, 9.17) is 15.0 Å². The number of nitrogens with zero attached hydrogens (tertiary/aromatic N) is 5. The molecule has 5 nitrogen and oxygen atoms in total. The third kappa shape index (κ3) is 8.83. The summed E-state index contributed by atoms with van der Waals surface area (Å²) < 4.78 is 2.44. The van der Waals surface area contributed by atoms with Gasteiger partial charge in [0.05, 0.1) is 28.4 Å². The maximum absolute atomic E-state index is 10.2. The summed E-state index contributed by atoms with van der Waals surface area (Å²) in [6.07, 6.45) is 18.3. The van der Waals surface area contributed by atoms with E-state index >= 15 is 0 Å². The van der Waals surface area contributed by atoms with E-state index in [0.717, 1.165) is 108 Å². The molecule has 0 saturated heterocycles. The van der Waals surface area contributed by atoms with Gasteiger partial charge in [0.15, 0.2) is 17.5 Å². The van der Waals surface area contributed by atoms with Crippen molar-refractivity contribution < 1.29 is 0 Å². The molecule has 2 aliphatic rings. The third-order valence-electron chi connectivity index (χ3n) is 14.4. The van der Waals surface area contributed by atoms with E-state index in [0.29, 0.717) is 23.0 Å². The van der Waals surface area contributed by atoms with Gasteiger partial charge >= 0.3 is 0 Å². The molecule has 0 amide bonds. The molecule has 2 aliphatic carbocycles. The van der Waals surface area contributed by atoms with Crippen LogP contribution in [-0.4, -0.2) is 19.5 Å². The van der Waals surface area contributed by atoms with Crippen LogP contribution in [0.2, 0.25) is 0 Å². The fourth-order valence-corrected chi connectivity index (χ4v) is 10.6. The summed E-state index contributed by atoms with van der Waals surface area (Å²) in [5.41, 5.74) is 18.0. The van der Waals surface area contributed by atoms with Gasteiger partial charge in [0.25, 0.3) is 0 Å². The molecule has 1 atom stereocenters. The maximum Gasteiger partial charge on any atom is 0.164 e. The molecule has 0 bridgehead atoms. The molecular weight excluding hydrogens is 887 g/mol. The van der Waals surface area contributed by atoms with E-state index in [9.17, 15) is 5.26 Å². The Hall–Kier alpha value is -8.98. The summed E-state index contributed by atoms with van der Waals surface area (Å²) in [5, 5.41) is 12.4. The van der Waals surface area contributed by atoms with Crippen molar-refractivity contribution in [2.75, 3.05) is 0 Å². The molecule has 0 saturated carbocycles. The van der Waals surface area contributed by atoms with Gasteiger partial charge < -0.3 is 4.57 Å². The Morgan fingerprint density at radius 2 is 1.08 bits per heavy atom. The van der Waals surface area contributed by atoms with Crippen LogP contribution in [0.4, 0.5) is 0 Å². The third-order valence-corrected chi connectivity index (χ3v) is 14.4. The summed E-state index contributed by atoms with van der Waals surface area (Å²) in [4.78, 5) is 16.4. The average molecular weight is 940 g/mol. The normalized spacial score (nSPS) is 14.4. The molecule has 0 fully saturated rings. The van der Waals surface area contributed by atoms with Gasteiger partial charge in [-0.25, -0.2) is 15.0 Å². The van der Waals surface area contributed by atoms with Crippen molar-refractivity contribution in [1.82, 2.24) is 19.5 Å². The van der Waals surface area contributed by atoms with Crippen molar-refractivity contribution in [2.45, 2.75) is 51.4 Å². The van der Waals surface area contributed by atoms with E-state index in [-0.39, 0.29) is 11.3 Å². The first-order valence-electron chi connectivity index (χ1n) is 25.3. The molecular formula is C68H53N5. The van der Waals surface area contributed by atoms with Crippen molar-refractivity contribution in [2.24, 2.45) is 0 Å². The van der Waals surface area contributed by atoms with Crippen LogP contribution < -0.4 is 0 Å². The fourth-order valence-electron chi connectivity index (χ4n) is 10.6. The number of fused-ring (bicyclic) bond motifs is 3. The van der Waals surface area contributed by atoms with E-state index in [1.807, 2.05) is 12.1 Å². The first-order valence-corrected chi connectivity index (χ1v) is 25.3. The predicted molar refractivity (Wildman–Crippen MR) is 302 cm³/mol. The zero-order valence-corrected chi connectivity index (χ0v) is 41.3. The lowest BCUT2D eigenvalue weighted by molar-refractivity contribution is 0.591. The largest absolute Gasteiger partial charge is 0.308 e. The highest BCUT2D eigenvalue weighted by molar-refractivity contribution is 6.11. The van der Waals surface area contributed by atoms with Gasteiger partial charge in [0.2, 0.25) is 0 Å². The monoisotopic (exact) mass is 939 g/mol. The van der Waals surface area contributed by atoms with Gasteiger partial charge in [-0.2, -0.15) is 5.26 Å². The van der Waals surface area contributed by atoms with Crippen molar-refractivity contribution in [3.05, 3.63) is 247 Å². The number of aromatic nitrogens is 4. The minimum atomic E-state index is -0.0716. The van der Waals surface area contributed by atoms with Crippen LogP contribution in [-0.2, 0) is 5.41 Å². The number of nitriles is 1. The lowest BCUT2D eigenvalue weighted by atomic mass is 9.86. The summed E-state index contributed by atoms with van der Waals surface area (Å²) in [7, 11) is 0. The first-order chi connectivity index (χ1) is 35.8. The Balaban J connectivity index is 1.14. The highest BCUT2D eigenvalue weighted by Crippen LogP contribution is 2.45. The fraction of sp³-hybridized carbons (Fsp3) is 0.118. The quantitative estimate of drug-likeness (QED) is 0.145.